The van der Waals surface area contributed by atoms with Crippen LogP contribution in [-0.4, -0.2) is 43.8 Å². The lowest BCUT2D eigenvalue weighted by Crippen LogP contribution is -2.54. The zero-order chi connectivity index (χ0) is 33.4. The van der Waals surface area contributed by atoms with Crippen LogP contribution in [0.2, 0.25) is 10.0 Å². The van der Waals surface area contributed by atoms with E-state index >= 15 is 0 Å². The van der Waals surface area contributed by atoms with Crippen molar-refractivity contribution in [3.05, 3.63) is 129 Å². The monoisotopic (exact) mass is 679 g/mol. The molecule has 0 bridgehead atoms. The fourth-order valence-electron chi connectivity index (χ4n) is 4.91. The average molecular weight is 681 g/mol. The van der Waals surface area contributed by atoms with Gasteiger partial charge in [-0.2, -0.15) is 0 Å². The van der Waals surface area contributed by atoms with Crippen LogP contribution in [0.1, 0.15) is 42.5 Å². The van der Waals surface area contributed by atoms with E-state index in [2.05, 4.69) is 5.32 Å². The first kappa shape index (κ1) is 35.0. The topological polar surface area (TPSA) is 86.8 Å². The Bertz CT molecular complexity index is 1750. The normalized spacial score (nSPS) is 12.7. The first-order valence-electron chi connectivity index (χ1n) is 15.1. The number of halogens is 2. The Morgan fingerprint density at radius 2 is 1.43 bits per heavy atom. The summed E-state index contributed by atoms with van der Waals surface area (Å²) in [6, 6.07) is 26.8. The van der Waals surface area contributed by atoms with Crippen LogP contribution in [0.5, 0.6) is 0 Å². The van der Waals surface area contributed by atoms with Crippen molar-refractivity contribution in [3.63, 3.8) is 0 Å². The highest BCUT2D eigenvalue weighted by Crippen LogP contribution is 2.33. The average Bonchev–Trinajstić information content (AvgIpc) is 3.04. The van der Waals surface area contributed by atoms with Gasteiger partial charge >= 0.3 is 0 Å². The molecule has 2 amide bonds. The van der Waals surface area contributed by atoms with Crippen molar-refractivity contribution in [1.29, 1.82) is 0 Å². The van der Waals surface area contributed by atoms with Gasteiger partial charge in [0.1, 0.15) is 12.6 Å². The van der Waals surface area contributed by atoms with Gasteiger partial charge in [0.15, 0.2) is 0 Å². The molecule has 4 aromatic rings. The Morgan fingerprint density at radius 1 is 0.826 bits per heavy atom. The highest BCUT2D eigenvalue weighted by atomic mass is 35.5. The zero-order valence-electron chi connectivity index (χ0n) is 26.4. The molecule has 7 nitrogen and oxygen atoms in total. The quantitative estimate of drug-likeness (QED) is 0.160. The van der Waals surface area contributed by atoms with Crippen LogP contribution in [0, 0.1) is 13.8 Å². The van der Waals surface area contributed by atoms with E-state index in [0.29, 0.717) is 6.42 Å². The first-order valence-corrected chi connectivity index (χ1v) is 17.3. The van der Waals surface area contributed by atoms with Crippen LogP contribution in [0.4, 0.5) is 5.69 Å². The molecule has 0 aromatic heterocycles. The van der Waals surface area contributed by atoms with Gasteiger partial charge in [-0.25, -0.2) is 8.42 Å². The number of sulfonamides is 1. The smallest absolute Gasteiger partial charge is 0.264 e. The summed E-state index contributed by atoms with van der Waals surface area (Å²) < 4.78 is 29.4. The highest BCUT2D eigenvalue weighted by Gasteiger charge is 2.35. The molecule has 0 heterocycles. The predicted octanol–water partition coefficient (Wildman–Crippen LogP) is 7.36. The summed E-state index contributed by atoms with van der Waals surface area (Å²) in [7, 11) is -4.30. The molecule has 4 rings (SSSR count). The van der Waals surface area contributed by atoms with Gasteiger partial charge in [0.25, 0.3) is 10.0 Å². The van der Waals surface area contributed by atoms with Gasteiger partial charge in [0, 0.05) is 24.0 Å². The second-order valence-electron chi connectivity index (χ2n) is 11.5. The Morgan fingerprint density at radius 3 is 2.04 bits per heavy atom. The highest BCUT2D eigenvalue weighted by molar-refractivity contribution is 7.92. The van der Waals surface area contributed by atoms with Gasteiger partial charge in [0.05, 0.1) is 15.6 Å². The number of nitrogens with zero attached hydrogens (tertiary/aromatic N) is 2. The molecule has 46 heavy (non-hydrogen) atoms. The van der Waals surface area contributed by atoms with Crippen molar-refractivity contribution in [1.82, 2.24) is 10.2 Å². The Balaban J connectivity index is 1.83. The number of rotatable bonds is 13. The van der Waals surface area contributed by atoms with Crippen LogP contribution in [0.15, 0.2) is 102 Å². The van der Waals surface area contributed by atoms with Gasteiger partial charge in [-0.3, -0.25) is 13.9 Å². The van der Waals surface area contributed by atoms with Crippen molar-refractivity contribution in [3.8, 4) is 0 Å². The van der Waals surface area contributed by atoms with Crippen molar-refractivity contribution < 1.29 is 18.0 Å². The number of hydrogen-bond acceptors (Lipinski definition) is 4. The zero-order valence-corrected chi connectivity index (χ0v) is 28.7. The van der Waals surface area contributed by atoms with Crippen LogP contribution in [-0.2, 0) is 32.6 Å². The molecule has 4 aromatic carbocycles. The molecule has 0 radical (unpaired) electrons. The Labute approximate surface area is 282 Å². The number of benzene rings is 4. The summed E-state index contributed by atoms with van der Waals surface area (Å²) in [5.74, 6) is -0.903. The second kappa shape index (κ2) is 15.6. The summed E-state index contributed by atoms with van der Waals surface area (Å²) >= 11 is 12.9. The van der Waals surface area contributed by atoms with E-state index in [1.54, 1.807) is 18.2 Å². The maximum Gasteiger partial charge on any atom is 0.264 e. The molecule has 0 aliphatic heterocycles. The largest absolute Gasteiger partial charge is 0.352 e. The Kier molecular flexibility index (Phi) is 11.9. The van der Waals surface area contributed by atoms with Crippen molar-refractivity contribution in [2.24, 2.45) is 0 Å². The lowest BCUT2D eigenvalue weighted by Gasteiger charge is -2.34. The summed E-state index contributed by atoms with van der Waals surface area (Å²) in [5.41, 5.74) is 3.63. The van der Waals surface area contributed by atoms with Gasteiger partial charge in [-0.15, -0.1) is 0 Å². The Hall–Kier alpha value is -3.85. The summed E-state index contributed by atoms with van der Waals surface area (Å²) in [6.45, 7) is 7.14. The number of carbonyl (C=O) groups is 2. The van der Waals surface area contributed by atoms with Crippen molar-refractivity contribution in [2.45, 2.75) is 64.1 Å². The number of carbonyl (C=O) groups excluding carboxylic acids is 2. The third-order valence-electron chi connectivity index (χ3n) is 7.81. The molecule has 0 saturated heterocycles. The van der Waals surface area contributed by atoms with E-state index in [4.69, 9.17) is 23.2 Å². The minimum absolute atomic E-state index is 0.0117. The molecule has 1 N–H and O–H groups in total. The fraction of sp³-hybridized carbons (Fsp3) is 0.278. The molecule has 10 heteroatoms. The molecular weight excluding hydrogens is 641 g/mol. The third-order valence-corrected chi connectivity index (χ3v) is 10.1. The summed E-state index contributed by atoms with van der Waals surface area (Å²) in [5, 5.41) is 3.40. The predicted molar refractivity (Wildman–Crippen MR) is 186 cm³/mol. The number of anilines is 1. The van der Waals surface area contributed by atoms with E-state index in [-0.39, 0.29) is 45.5 Å². The number of hydrogen-bond donors (Lipinski definition) is 1. The van der Waals surface area contributed by atoms with Crippen molar-refractivity contribution in [2.75, 3.05) is 10.8 Å². The number of nitrogens with one attached hydrogen (secondary N) is 1. The minimum Gasteiger partial charge on any atom is -0.352 e. The standard InChI is InChI=1S/C36H39Cl2N3O4S/c1-5-27(4)39-36(43)34(21-28-9-7-6-8-10-28)40(23-29-15-11-25(2)12-16-29)35(42)24-41(33-22-30(37)17-20-32(33)38)46(44,45)31-18-13-26(3)14-19-31/h6-20,22,27,34H,5,21,23-24H2,1-4H3,(H,39,43)/t27-,34-/m1/s1. The fourth-order valence-corrected chi connectivity index (χ4v) is 6.77. The molecule has 0 saturated carbocycles. The lowest BCUT2D eigenvalue weighted by atomic mass is 10.0. The molecule has 0 aliphatic carbocycles. The summed E-state index contributed by atoms with van der Waals surface area (Å²) in [4.78, 5) is 30.0. The number of aryl methyl sites for hydroxylation is 2. The maximum atomic E-state index is 14.6. The van der Waals surface area contributed by atoms with E-state index in [1.807, 2.05) is 82.3 Å². The number of amides is 2. The molecule has 0 fully saturated rings. The van der Waals surface area contributed by atoms with Gasteiger partial charge in [-0.1, -0.05) is 108 Å². The first-order chi connectivity index (χ1) is 21.9. The van der Waals surface area contributed by atoms with Crippen LogP contribution in [0.3, 0.4) is 0 Å². The minimum atomic E-state index is -4.30. The molecule has 0 unspecified atom stereocenters. The molecular formula is C36H39Cl2N3O4S. The maximum absolute atomic E-state index is 14.6. The van der Waals surface area contributed by atoms with Crippen LogP contribution < -0.4 is 9.62 Å². The van der Waals surface area contributed by atoms with E-state index in [0.717, 1.165) is 26.6 Å². The SMILES string of the molecule is CC[C@@H](C)NC(=O)[C@@H](Cc1ccccc1)N(Cc1ccc(C)cc1)C(=O)CN(c1cc(Cl)ccc1Cl)S(=O)(=O)c1ccc(C)cc1. The second-order valence-corrected chi connectivity index (χ2v) is 14.2. The van der Waals surface area contributed by atoms with Crippen LogP contribution in [0.25, 0.3) is 0 Å². The van der Waals surface area contributed by atoms with Gasteiger partial charge in [0.2, 0.25) is 11.8 Å². The molecule has 242 valence electrons. The molecule has 2 atom stereocenters. The summed E-state index contributed by atoms with van der Waals surface area (Å²) in [6.07, 6.45) is 0.925. The van der Waals surface area contributed by atoms with E-state index < -0.39 is 28.5 Å². The molecule has 0 spiro atoms. The van der Waals surface area contributed by atoms with Gasteiger partial charge in [-0.05, 0) is 68.7 Å². The third kappa shape index (κ3) is 8.90. The molecule has 0 aliphatic rings. The van der Waals surface area contributed by atoms with E-state index in [9.17, 15) is 18.0 Å². The van der Waals surface area contributed by atoms with Crippen molar-refractivity contribution >= 4 is 50.7 Å². The van der Waals surface area contributed by atoms with Crippen LogP contribution >= 0.6 is 23.2 Å². The lowest BCUT2D eigenvalue weighted by molar-refractivity contribution is -0.140. The van der Waals surface area contributed by atoms with E-state index in [1.165, 1.54) is 29.2 Å². The van der Waals surface area contributed by atoms with Gasteiger partial charge < -0.3 is 10.2 Å².